The second kappa shape index (κ2) is 6.79. The van der Waals surface area contributed by atoms with Crippen molar-refractivity contribution in [1.82, 2.24) is 24.7 Å². The number of hydrogen-bond donors (Lipinski definition) is 1. The molecule has 0 radical (unpaired) electrons. The van der Waals surface area contributed by atoms with Crippen molar-refractivity contribution >= 4 is 17.7 Å². The van der Waals surface area contributed by atoms with Crippen molar-refractivity contribution in [3.8, 4) is 11.4 Å². The number of nitrogens with zero attached hydrogens (tertiary/aromatic N) is 5. The van der Waals surface area contributed by atoms with Gasteiger partial charge < -0.3 is 10.3 Å². The van der Waals surface area contributed by atoms with Crippen LogP contribution in [0.5, 0.6) is 0 Å². The molecule has 0 aliphatic heterocycles. The molecule has 122 valence electrons. The van der Waals surface area contributed by atoms with Crippen molar-refractivity contribution in [2.75, 3.05) is 0 Å². The zero-order valence-corrected chi connectivity index (χ0v) is 14.1. The highest BCUT2D eigenvalue weighted by molar-refractivity contribution is 7.99. The molecular weight excluding hydrogens is 324 g/mol. The third-order valence-electron chi connectivity index (χ3n) is 3.47. The molecule has 2 N–H and O–H groups in total. The number of carbonyl (C=O) groups excluding carboxylic acids is 1. The summed E-state index contributed by atoms with van der Waals surface area (Å²) in [5, 5.41) is 9.00. The molecule has 1 amide bonds. The SMILES string of the molecule is C[C@H](Sc1nncn1C)c1cccc(-c2nccc(C(N)=O)n2)c1. The highest BCUT2D eigenvalue weighted by Crippen LogP contribution is 2.34. The van der Waals surface area contributed by atoms with E-state index in [1.54, 1.807) is 18.1 Å². The summed E-state index contributed by atoms with van der Waals surface area (Å²) in [7, 11) is 1.91. The third-order valence-corrected chi connectivity index (χ3v) is 4.68. The van der Waals surface area contributed by atoms with Crippen molar-refractivity contribution in [1.29, 1.82) is 0 Å². The van der Waals surface area contributed by atoms with Crippen molar-refractivity contribution in [3.63, 3.8) is 0 Å². The van der Waals surface area contributed by atoms with Gasteiger partial charge in [0.2, 0.25) is 0 Å². The average Bonchev–Trinajstić information content (AvgIpc) is 3.00. The fraction of sp³-hybridized carbons (Fsp3) is 0.188. The van der Waals surface area contributed by atoms with Crippen LogP contribution in [0.3, 0.4) is 0 Å². The van der Waals surface area contributed by atoms with Gasteiger partial charge in [0.1, 0.15) is 12.0 Å². The molecule has 0 bridgehead atoms. The van der Waals surface area contributed by atoms with Gasteiger partial charge in [-0.25, -0.2) is 9.97 Å². The highest BCUT2D eigenvalue weighted by atomic mass is 32.2. The molecule has 7 nitrogen and oxygen atoms in total. The Hall–Kier alpha value is -2.74. The predicted octanol–water partition coefficient (Wildman–Crippen LogP) is 2.22. The van der Waals surface area contributed by atoms with Gasteiger partial charge in [0.05, 0.1) is 0 Å². The smallest absolute Gasteiger partial charge is 0.267 e. The number of aryl methyl sites for hydroxylation is 1. The number of thioether (sulfide) groups is 1. The first kappa shape index (κ1) is 16.1. The molecule has 0 saturated heterocycles. The monoisotopic (exact) mass is 340 g/mol. The van der Waals surface area contributed by atoms with Gasteiger partial charge in [0.25, 0.3) is 5.91 Å². The summed E-state index contributed by atoms with van der Waals surface area (Å²) in [6.45, 7) is 2.10. The lowest BCUT2D eigenvalue weighted by atomic mass is 10.1. The van der Waals surface area contributed by atoms with Crippen molar-refractivity contribution in [2.45, 2.75) is 17.3 Å². The summed E-state index contributed by atoms with van der Waals surface area (Å²) >= 11 is 1.62. The minimum atomic E-state index is -0.569. The second-order valence-corrected chi connectivity index (χ2v) is 6.55. The number of aromatic nitrogens is 5. The van der Waals surface area contributed by atoms with Gasteiger partial charge in [-0.2, -0.15) is 0 Å². The van der Waals surface area contributed by atoms with Gasteiger partial charge in [-0.05, 0) is 24.6 Å². The van der Waals surface area contributed by atoms with Crippen molar-refractivity contribution in [2.24, 2.45) is 12.8 Å². The van der Waals surface area contributed by atoms with Gasteiger partial charge in [-0.1, -0.05) is 30.0 Å². The molecule has 2 aromatic heterocycles. The van der Waals surface area contributed by atoms with E-state index in [2.05, 4.69) is 27.1 Å². The first-order chi connectivity index (χ1) is 11.5. The second-order valence-electron chi connectivity index (χ2n) is 5.24. The molecule has 1 aromatic carbocycles. The molecule has 1 atom stereocenters. The van der Waals surface area contributed by atoms with Crippen LogP contribution in [0.15, 0.2) is 48.0 Å². The van der Waals surface area contributed by atoms with Crippen LogP contribution in [0.2, 0.25) is 0 Å². The zero-order chi connectivity index (χ0) is 17.1. The molecule has 2 heterocycles. The van der Waals surface area contributed by atoms with Crippen LogP contribution in [0, 0.1) is 0 Å². The Morgan fingerprint density at radius 1 is 1.33 bits per heavy atom. The number of rotatable bonds is 5. The highest BCUT2D eigenvalue weighted by Gasteiger charge is 2.13. The lowest BCUT2D eigenvalue weighted by molar-refractivity contribution is 0.0995. The van der Waals surface area contributed by atoms with E-state index in [1.165, 1.54) is 12.3 Å². The average molecular weight is 340 g/mol. The lowest BCUT2D eigenvalue weighted by Gasteiger charge is -2.12. The molecule has 0 aliphatic rings. The third kappa shape index (κ3) is 3.43. The van der Waals surface area contributed by atoms with E-state index in [4.69, 9.17) is 5.73 Å². The lowest BCUT2D eigenvalue weighted by Crippen LogP contribution is -2.13. The van der Waals surface area contributed by atoms with Gasteiger partial charge in [-0.15, -0.1) is 10.2 Å². The molecule has 0 unspecified atom stereocenters. The standard InChI is InChI=1S/C16H16N6OS/c1-10(24-16-21-19-9-22(16)2)11-4-3-5-12(8-11)15-18-7-6-13(20-15)14(17)23/h3-10H,1-2H3,(H2,17,23)/t10-/m0/s1. The first-order valence-electron chi connectivity index (χ1n) is 7.28. The van der Waals surface area contributed by atoms with Crippen molar-refractivity contribution < 1.29 is 4.79 Å². The summed E-state index contributed by atoms with van der Waals surface area (Å²) in [5.41, 5.74) is 7.42. The predicted molar refractivity (Wildman–Crippen MR) is 91.3 cm³/mol. The number of nitrogens with two attached hydrogens (primary N) is 1. The van der Waals surface area contributed by atoms with Crippen LogP contribution in [0.25, 0.3) is 11.4 Å². The maximum atomic E-state index is 11.3. The molecule has 8 heteroatoms. The van der Waals surface area contributed by atoms with Crippen molar-refractivity contribution in [3.05, 3.63) is 54.1 Å². The number of hydrogen-bond acceptors (Lipinski definition) is 6. The topological polar surface area (TPSA) is 99.6 Å². The first-order valence-corrected chi connectivity index (χ1v) is 8.16. The Kier molecular flexibility index (Phi) is 4.57. The number of amides is 1. The summed E-state index contributed by atoms with van der Waals surface area (Å²) in [6.07, 6.45) is 3.21. The molecule has 3 rings (SSSR count). The Morgan fingerprint density at radius 3 is 2.88 bits per heavy atom. The summed E-state index contributed by atoms with van der Waals surface area (Å²) < 4.78 is 1.88. The quantitative estimate of drug-likeness (QED) is 0.715. The molecule has 0 fully saturated rings. The molecule has 0 saturated carbocycles. The van der Waals surface area contributed by atoms with E-state index in [0.29, 0.717) is 5.82 Å². The zero-order valence-electron chi connectivity index (χ0n) is 13.2. The summed E-state index contributed by atoms with van der Waals surface area (Å²) in [6, 6.07) is 9.40. The normalized spacial score (nSPS) is 12.1. The molecule has 3 aromatic rings. The Balaban J connectivity index is 1.87. The van der Waals surface area contributed by atoms with E-state index in [0.717, 1.165) is 16.3 Å². The number of benzene rings is 1. The van der Waals surface area contributed by atoms with Gasteiger partial charge in [0.15, 0.2) is 11.0 Å². The van der Waals surface area contributed by atoms with Crippen LogP contribution in [-0.4, -0.2) is 30.6 Å². The van der Waals surface area contributed by atoms with Crippen LogP contribution in [0.4, 0.5) is 0 Å². The van der Waals surface area contributed by atoms with Crippen LogP contribution < -0.4 is 5.73 Å². The molecule has 0 aliphatic carbocycles. The maximum Gasteiger partial charge on any atom is 0.267 e. The van der Waals surface area contributed by atoms with E-state index >= 15 is 0 Å². The van der Waals surface area contributed by atoms with Crippen LogP contribution >= 0.6 is 11.8 Å². The largest absolute Gasteiger partial charge is 0.364 e. The molecule has 24 heavy (non-hydrogen) atoms. The minimum absolute atomic E-state index is 0.173. The number of primary amides is 1. The van der Waals surface area contributed by atoms with Gasteiger partial charge in [-0.3, -0.25) is 4.79 Å². The molecular formula is C16H16N6OS. The Labute approximate surface area is 143 Å². The van der Waals surface area contributed by atoms with E-state index in [1.807, 2.05) is 35.9 Å². The number of carbonyl (C=O) groups is 1. The van der Waals surface area contributed by atoms with Gasteiger partial charge >= 0.3 is 0 Å². The summed E-state index contributed by atoms with van der Waals surface area (Å²) in [5.74, 6) is -0.0926. The van der Waals surface area contributed by atoms with Gasteiger partial charge in [0, 0.05) is 24.1 Å². The van der Waals surface area contributed by atoms with E-state index in [9.17, 15) is 4.79 Å². The Morgan fingerprint density at radius 2 is 2.17 bits per heavy atom. The van der Waals surface area contributed by atoms with Crippen LogP contribution in [-0.2, 0) is 7.05 Å². The van der Waals surface area contributed by atoms with Crippen LogP contribution in [0.1, 0.15) is 28.2 Å². The van der Waals surface area contributed by atoms with E-state index in [-0.39, 0.29) is 10.9 Å². The molecule has 0 spiro atoms. The maximum absolute atomic E-state index is 11.3. The minimum Gasteiger partial charge on any atom is -0.364 e. The fourth-order valence-electron chi connectivity index (χ4n) is 2.17. The fourth-order valence-corrected chi connectivity index (χ4v) is 3.08. The van der Waals surface area contributed by atoms with E-state index < -0.39 is 5.91 Å². The Bertz CT molecular complexity index is 878. The summed E-state index contributed by atoms with van der Waals surface area (Å²) in [4.78, 5) is 19.7.